The van der Waals surface area contributed by atoms with Gasteiger partial charge in [-0.25, -0.2) is 13.1 Å². The molecule has 25 heavy (non-hydrogen) atoms. The molecule has 0 saturated heterocycles. The fraction of sp³-hybridized carbons (Fsp3) is 0.278. The second-order valence-corrected chi connectivity index (χ2v) is 8.13. The quantitative estimate of drug-likeness (QED) is 0.770. The van der Waals surface area contributed by atoms with Gasteiger partial charge >= 0.3 is 0 Å². The molecule has 0 aromatic heterocycles. The van der Waals surface area contributed by atoms with Crippen LogP contribution in [0, 0.1) is 0 Å². The summed E-state index contributed by atoms with van der Waals surface area (Å²) in [6.07, 6.45) is 0.813. The van der Waals surface area contributed by atoms with Crippen LogP contribution in [0.15, 0.2) is 53.4 Å². The molecule has 2 N–H and O–H groups in total. The van der Waals surface area contributed by atoms with E-state index in [0.717, 1.165) is 5.56 Å². The van der Waals surface area contributed by atoms with Crippen molar-refractivity contribution in [2.45, 2.75) is 37.6 Å². The second kappa shape index (κ2) is 8.47. The van der Waals surface area contributed by atoms with E-state index in [4.69, 9.17) is 11.6 Å². The molecule has 0 radical (unpaired) electrons. The first kappa shape index (κ1) is 19.4. The molecule has 2 rings (SSSR count). The Hall–Kier alpha value is -1.89. The highest BCUT2D eigenvalue weighted by molar-refractivity contribution is 7.89. The van der Waals surface area contributed by atoms with Crippen LogP contribution >= 0.6 is 11.6 Å². The average Bonchev–Trinajstić information content (AvgIpc) is 2.52. The Bertz CT molecular complexity index is 834. The first-order valence-corrected chi connectivity index (χ1v) is 9.79. The van der Waals surface area contributed by atoms with Crippen molar-refractivity contribution in [1.82, 2.24) is 4.72 Å². The smallest absolute Gasteiger partial charge is 0.240 e. The Kier molecular flexibility index (Phi) is 6.58. The number of aryl methyl sites for hydroxylation is 1. The van der Waals surface area contributed by atoms with Crippen molar-refractivity contribution in [2.75, 3.05) is 5.32 Å². The normalized spacial score (nSPS) is 11.5. The summed E-state index contributed by atoms with van der Waals surface area (Å²) >= 11 is 5.88. The number of amides is 1. The number of hydrogen-bond donors (Lipinski definition) is 2. The highest BCUT2D eigenvalue weighted by atomic mass is 35.5. The van der Waals surface area contributed by atoms with Gasteiger partial charge in [0, 0.05) is 23.2 Å². The first-order chi connectivity index (χ1) is 11.8. The summed E-state index contributed by atoms with van der Waals surface area (Å²) in [4.78, 5) is 12.2. The van der Waals surface area contributed by atoms with Gasteiger partial charge in [0.05, 0.1) is 4.90 Å². The van der Waals surface area contributed by atoms with Crippen molar-refractivity contribution in [1.29, 1.82) is 0 Å². The zero-order chi connectivity index (χ0) is 18.4. The SMILES string of the molecule is CC(C)NS(=O)(=O)c1ccc(CCC(=O)Nc2cccc(Cl)c2)cc1. The number of carbonyl (C=O) groups excluding carboxylic acids is 1. The molecule has 134 valence electrons. The molecule has 0 spiro atoms. The van der Waals surface area contributed by atoms with Crippen LogP contribution in [0.4, 0.5) is 5.69 Å². The van der Waals surface area contributed by atoms with Gasteiger partial charge in [-0.2, -0.15) is 0 Å². The molecule has 0 bridgehead atoms. The van der Waals surface area contributed by atoms with Gasteiger partial charge in [-0.15, -0.1) is 0 Å². The summed E-state index contributed by atoms with van der Waals surface area (Å²) in [6, 6.07) is 13.3. The Morgan fingerprint density at radius 1 is 1.12 bits per heavy atom. The monoisotopic (exact) mass is 380 g/mol. The van der Waals surface area contributed by atoms with Crippen molar-refractivity contribution >= 4 is 33.2 Å². The molecule has 7 heteroatoms. The number of carbonyl (C=O) groups is 1. The largest absolute Gasteiger partial charge is 0.326 e. The number of sulfonamides is 1. The minimum atomic E-state index is -3.49. The van der Waals surface area contributed by atoms with Crippen LogP contribution in [-0.4, -0.2) is 20.4 Å². The van der Waals surface area contributed by atoms with Gasteiger partial charge in [0.15, 0.2) is 0 Å². The molecule has 0 saturated carbocycles. The van der Waals surface area contributed by atoms with Crippen molar-refractivity contribution in [2.24, 2.45) is 0 Å². The highest BCUT2D eigenvalue weighted by Crippen LogP contribution is 2.16. The van der Waals surface area contributed by atoms with E-state index < -0.39 is 10.0 Å². The van der Waals surface area contributed by atoms with E-state index >= 15 is 0 Å². The third-order valence-corrected chi connectivity index (χ3v) is 5.28. The van der Waals surface area contributed by atoms with Crippen LogP contribution in [0.1, 0.15) is 25.8 Å². The summed E-state index contributed by atoms with van der Waals surface area (Å²) in [5.74, 6) is -0.125. The molecular formula is C18H21ClN2O3S. The first-order valence-electron chi connectivity index (χ1n) is 7.93. The molecule has 0 aliphatic heterocycles. The van der Waals surface area contributed by atoms with Crippen LogP contribution in [0.2, 0.25) is 5.02 Å². The second-order valence-electron chi connectivity index (χ2n) is 5.98. The van der Waals surface area contributed by atoms with Gasteiger partial charge < -0.3 is 5.32 Å². The van der Waals surface area contributed by atoms with Crippen LogP contribution in [0.3, 0.4) is 0 Å². The Morgan fingerprint density at radius 3 is 2.40 bits per heavy atom. The minimum Gasteiger partial charge on any atom is -0.326 e. The summed E-state index contributed by atoms with van der Waals surface area (Å²) in [5, 5.41) is 3.34. The van der Waals surface area contributed by atoms with E-state index in [1.807, 2.05) is 0 Å². The molecule has 0 aliphatic rings. The van der Waals surface area contributed by atoms with Crippen molar-refractivity contribution in [3.05, 3.63) is 59.1 Å². The molecule has 0 fully saturated rings. The lowest BCUT2D eigenvalue weighted by molar-refractivity contribution is -0.116. The fourth-order valence-corrected chi connectivity index (χ4v) is 3.70. The van der Waals surface area contributed by atoms with Gasteiger partial charge in [0.2, 0.25) is 15.9 Å². The molecule has 5 nitrogen and oxygen atoms in total. The molecule has 2 aromatic rings. The predicted molar refractivity (Wildman–Crippen MR) is 100 cm³/mol. The lowest BCUT2D eigenvalue weighted by Crippen LogP contribution is -2.30. The van der Waals surface area contributed by atoms with E-state index in [0.29, 0.717) is 23.6 Å². The molecule has 0 aliphatic carbocycles. The van der Waals surface area contributed by atoms with Gasteiger partial charge in [0.25, 0.3) is 0 Å². The zero-order valence-electron chi connectivity index (χ0n) is 14.1. The van der Waals surface area contributed by atoms with Crippen LogP contribution in [0.25, 0.3) is 0 Å². The number of rotatable bonds is 7. The molecule has 2 aromatic carbocycles. The van der Waals surface area contributed by atoms with Crippen LogP contribution < -0.4 is 10.0 Å². The molecular weight excluding hydrogens is 360 g/mol. The van der Waals surface area contributed by atoms with E-state index in [9.17, 15) is 13.2 Å². The molecule has 1 amide bonds. The summed E-state index contributed by atoms with van der Waals surface area (Å²) in [6.45, 7) is 3.54. The van der Waals surface area contributed by atoms with Gasteiger partial charge in [-0.1, -0.05) is 29.8 Å². The third-order valence-electron chi connectivity index (χ3n) is 3.37. The predicted octanol–water partition coefficient (Wildman–Crippen LogP) is 3.60. The van der Waals surface area contributed by atoms with Gasteiger partial charge in [-0.3, -0.25) is 4.79 Å². The maximum absolute atomic E-state index is 12.1. The summed E-state index contributed by atoms with van der Waals surface area (Å²) in [5.41, 5.74) is 1.54. The van der Waals surface area contributed by atoms with Gasteiger partial charge in [0.1, 0.15) is 0 Å². The number of hydrogen-bond acceptors (Lipinski definition) is 3. The van der Waals surface area contributed by atoms with Crippen LogP contribution in [-0.2, 0) is 21.2 Å². The Morgan fingerprint density at radius 2 is 1.80 bits per heavy atom. The number of benzene rings is 2. The van der Waals surface area contributed by atoms with Gasteiger partial charge in [-0.05, 0) is 56.2 Å². The number of halogens is 1. The standard InChI is InChI=1S/C18H21ClN2O3S/c1-13(2)21-25(23,24)17-9-6-14(7-10-17)8-11-18(22)20-16-5-3-4-15(19)12-16/h3-7,9-10,12-13,21H,8,11H2,1-2H3,(H,20,22). The lowest BCUT2D eigenvalue weighted by atomic mass is 10.1. The van der Waals surface area contributed by atoms with Crippen molar-refractivity contribution < 1.29 is 13.2 Å². The average molecular weight is 381 g/mol. The molecule has 0 unspecified atom stereocenters. The maximum Gasteiger partial charge on any atom is 0.240 e. The van der Waals surface area contributed by atoms with Crippen molar-refractivity contribution in [3.63, 3.8) is 0 Å². The van der Waals surface area contributed by atoms with E-state index in [1.54, 1.807) is 62.4 Å². The highest BCUT2D eigenvalue weighted by Gasteiger charge is 2.15. The van der Waals surface area contributed by atoms with E-state index in [1.165, 1.54) is 0 Å². The van der Waals surface area contributed by atoms with E-state index in [2.05, 4.69) is 10.0 Å². The molecule has 0 heterocycles. The number of nitrogens with one attached hydrogen (secondary N) is 2. The molecule has 0 atom stereocenters. The third kappa shape index (κ3) is 6.16. The Labute approximate surface area is 153 Å². The van der Waals surface area contributed by atoms with Crippen molar-refractivity contribution in [3.8, 4) is 0 Å². The number of anilines is 1. The summed E-state index contributed by atoms with van der Waals surface area (Å²) < 4.78 is 26.7. The zero-order valence-corrected chi connectivity index (χ0v) is 15.7. The fourth-order valence-electron chi connectivity index (χ4n) is 2.26. The topological polar surface area (TPSA) is 75.3 Å². The minimum absolute atomic E-state index is 0.125. The Balaban J connectivity index is 1.92. The lowest BCUT2D eigenvalue weighted by Gasteiger charge is -2.10. The summed E-state index contributed by atoms with van der Waals surface area (Å²) in [7, 11) is -3.49. The maximum atomic E-state index is 12.1. The van der Waals surface area contributed by atoms with E-state index in [-0.39, 0.29) is 16.8 Å². The van der Waals surface area contributed by atoms with Crippen LogP contribution in [0.5, 0.6) is 0 Å².